The number of ketones is 1. The number of nitrogens with one attached hydrogen (secondary N) is 1. The van der Waals surface area contributed by atoms with Crippen molar-refractivity contribution in [1.29, 1.82) is 0 Å². The molecule has 17 heavy (non-hydrogen) atoms. The number of hydrogen-bond donors (Lipinski definition) is 1. The molecule has 1 aromatic rings. The highest BCUT2D eigenvalue weighted by atomic mass is 16.5. The molecule has 0 saturated carbocycles. The van der Waals surface area contributed by atoms with Crippen LogP contribution in [0.15, 0.2) is 18.2 Å². The minimum absolute atomic E-state index is 0.145. The molecule has 1 N–H and O–H groups in total. The first-order valence-electron chi connectivity index (χ1n) is 6.12. The molecule has 3 nitrogen and oxygen atoms in total. The molecule has 0 spiro atoms. The van der Waals surface area contributed by atoms with Crippen LogP contribution >= 0.6 is 0 Å². The number of methoxy groups -OCH3 is 1. The highest BCUT2D eigenvalue weighted by Gasteiger charge is 2.24. The van der Waals surface area contributed by atoms with E-state index in [1.807, 2.05) is 25.1 Å². The molecule has 0 bridgehead atoms. The highest BCUT2D eigenvalue weighted by molar-refractivity contribution is 6.00. The van der Waals surface area contributed by atoms with Crippen molar-refractivity contribution in [1.82, 2.24) is 5.32 Å². The highest BCUT2D eigenvalue weighted by Crippen LogP contribution is 2.26. The van der Waals surface area contributed by atoms with Crippen molar-refractivity contribution >= 4 is 5.78 Å². The predicted molar refractivity (Wildman–Crippen MR) is 67.7 cm³/mol. The quantitative estimate of drug-likeness (QED) is 0.813. The van der Waals surface area contributed by atoms with Gasteiger partial charge in [-0.05, 0) is 45.0 Å². The van der Waals surface area contributed by atoms with E-state index in [0.29, 0.717) is 5.75 Å². The zero-order valence-corrected chi connectivity index (χ0v) is 10.5. The molecule has 1 fully saturated rings. The first-order valence-corrected chi connectivity index (χ1v) is 6.12. The molecule has 2 rings (SSSR count). The van der Waals surface area contributed by atoms with Gasteiger partial charge >= 0.3 is 0 Å². The van der Waals surface area contributed by atoms with E-state index in [-0.39, 0.29) is 11.7 Å². The predicted octanol–water partition coefficient (Wildman–Crippen LogP) is 2.19. The lowest BCUT2D eigenvalue weighted by Crippen LogP contribution is -2.32. The standard InChI is InChI=1S/C14H19NO2/c1-10-3-4-13(17-2)12(9-10)14(16)11-5-7-15-8-6-11/h3-4,9,11,15H,5-8H2,1-2H3. The lowest BCUT2D eigenvalue weighted by Gasteiger charge is -2.22. The fraction of sp³-hybridized carbons (Fsp3) is 0.500. The van der Waals surface area contributed by atoms with Gasteiger partial charge in [0, 0.05) is 5.92 Å². The van der Waals surface area contributed by atoms with Gasteiger partial charge in [-0.3, -0.25) is 4.79 Å². The van der Waals surface area contributed by atoms with Crippen LogP contribution in [0.5, 0.6) is 5.75 Å². The van der Waals surface area contributed by atoms with Crippen molar-refractivity contribution in [3.8, 4) is 5.75 Å². The minimum atomic E-state index is 0.145. The number of carbonyl (C=O) groups is 1. The molecule has 0 radical (unpaired) electrons. The molecule has 0 unspecified atom stereocenters. The number of hydrogen-bond acceptors (Lipinski definition) is 3. The Morgan fingerprint density at radius 1 is 1.35 bits per heavy atom. The summed E-state index contributed by atoms with van der Waals surface area (Å²) < 4.78 is 5.28. The number of piperidine rings is 1. The van der Waals surface area contributed by atoms with E-state index in [1.165, 1.54) is 0 Å². The molecule has 92 valence electrons. The van der Waals surface area contributed by atoms with Crippen LogP contribution in [0, 0.1) is 12.8 Å². The third kappa shape index (κ3) is 2.67. The van der Waals surface area contributed by atoms with Crippen molar-refractivity contribution in [3.63, 3.8) is 0 Å². The van der Waals surface area contributed by atoms with E-state index in [2.05, 4.69) is 5.32 Å². The van der Waals surface area contributed by atoms with Crippen LogP contribution in [-0.4, -0.2) is 26.0 Å². The monoisotopic (exact) mass is 233 g/mol. The van der Waals surface area contributed by atoms with Crippen molar-refractivity contribution in [2.24, 2.45) is 5.92 Å². The largest absolute Gasteiger partial charge is 0.496 e. The topological polar surface area (TPSA) is 38.3 Å². The molecular formula is C14H19NO2. The molecular weight excluding hydrogens is 214 g/mol. The number of rotatable bonds is 3. The number of carbonyl (C=O) groups excluding carboxylic acids is 1. The molecule has 3 heteroatoms. The van der Waals surface area contributed by atoms with Gasteiger partial charge in [-0.2, -0.15) is 0 Å². The lowest BCUT2D eigenvalue weighted by molar-refractivity contribution is 0.0892. The van der Waals surface area contributed by atoms with Gasteiger partial charge in [-0.1, -0.05) is 11.6 Å². The summed E-state index contributed by atoms with van der Waals surface area (Å²) in [4.78, 5) is 12.4. The first-order chi connectivity index (χ1) is 8.22. The van der Waals surface area contributed by atoms with E-state index in [1.54, 1.807) is 7.11 Å². The van der Waals surface area contributed by atoms with E-state index < -0.39 is 0 Å². The zero-order chi connectivity index (χ0) is 12.3. The molecule has 1 aromatic carbocycles. The Morgan fingerprint density at radius 2 is 2.06 bits per heavy atom. The van der Waals surface area contributed by atoms with Crippen molar-refractivity contribution in [2.45, 2.75) is 19.8 Å². The fourth-order valence-corrected chi connectivity index (χ4v) is 2.32. The van der Waals surface area contributed by atoms with Crippen molar-refractivity contribution < 1.29 is 9.53 Å². The number of benzene rings is 1. The maximum Gasteiger partial charge on any atom is 0.169 e. The van der Waals surface area contributed by atoms with Gasteiger partial charge in [0.05, 0.1) is 12.7 Å². The van der Waals surface area contributed by atoms with E-state index in [9.17, 15) is 4.79 Å². The third-order valence-electron chi connectivity index (χ3n) is 3.33. The lowest BCUT2D eigenvalue weighted by atomic mass is 9.89. The van der Waals surface area contributed by atoms with Gasteiger partial charge < -0.3 is 10.1 Å². The average Bonchev–Trinajstić information content (AvgIpc) is 2.39. The Kier molecular flexibility index (Phi) is 3.79. The Labute approximate surface area is 102 Å². The molecule has 0 atom stereocenters. The molecule has 1 saturated heterocycles. The minimum Gasteiger partial charge on any atom is -0.496 e. The Hall–Kier alpha value is -1.35. The van der Waals surface area contributed by atoms with Gasteiger partial charge in [-0.25, -0.2) is 0 Å². The first kappa shape index (κ1) is 12.1. The number of ether oxygens (including phenoxy) is 1. The van der Waals surface area contributed by atoms with Gasteiger partial charge in [-0.15, -0.1) is 0 Å². The Balaban J connectivity index is 2.25. The summed E-state index contributed by atoms with van der Waals surface area (Å²) >= 11 is 0. The summed E-state index contributed by atoms with van der Waals surface area (Å²) in [6.45, 7) is 3.87. The maximum atomic E-state index is 12.4. The number of aryl methyl sites for hydroxylation is 1. The van der Waals surface area contributed by atoms with Crippen LogP contribution in [-0.2, 0) is 0 Å². The second kappa shape index (κ2) is 5.32. The van der Waals surface area contributed by atoms with Crippen LogP contribution < -0.4 is 10.1 Å². The molecule has 0 aromatic heterocycles. The molecule has 0 aliphatic carbocycles. The van der Waals surface area contributed by atoms with E-state index in [0.717, 1.165) is 37.1 Å². The second-order valence-electron chi connectivity index (χ2n) is 4.59. The molecule has 1 aliphatic rings. The second-order valence-corrected chi connectivity index (χ2v) is 4.59. The van der Waals surface area contributed by atoms with Gasteiger partial charge in [0.25, 0.3) is 0 Å². The fourth-order valence-electron chi connectivity index (χ4n) is 2.32. The third-order valence-corrected chi connectivity index (χ3v) is 3.33. The zero-order valence-electron chi connectivity index (χ0n) is 10.5. The Bertz CT molecular complexity index is 409. The summed E-state index contributed by atoms with van der Waals surface area (Å²) in [5.41, 5.74) is 1.84. The normalized spacial score (nSPS) is 16.8. The number of Topliss-reactive ketones (excluding diaryl/α,β-unsaturated/α-hetero) is 1. The van der Waals surface area contributed by atoms with Crippen LogP contribution in [0.4, 0.5) is 0 Å². The van der Waals surface area contributed by atoms with Crippen LogP contribution in [0.3, 0.4) is 0 Å². The molecule has 0 amide bonds. The van der Waals surface area contributed by atoms with Gasteiger partial charge in [0.15, 0.2) is 5.78 Å². The summed E-state index contributed by atoms with van der Waals surface area (Å²) in [6, 6.07) is 5.78. The summed E-state index contributed by atoms with van der Waals surface area (Å²) in [7, 11) is 1.61. The van der Waals surface area contributed by atoms with E-state index in [4.69, 9.17) is 4.74 Å². The van der Waals surface area contributed by atoms with Gasteiger partial charge in [0.2, 0.25) is 0 Å². The van der Waals surface area contributed by atoms with Gasteiger partial charge in [0.1, 0.15) is 5.75 Å². The molecule has 1 heterocycles. The summed E-state index contributed by atoms with van der Waals surface area (Å²) in [5.74, 6) is 1.07. The maximum absolute atomic E-state index is 12.4. The van der Waals surface area contributed by atoms with Crippen molar-refractivity contribution in [2.75, 3.05) is 20.2 Å². The van der Waals surface area contributed by atoms with Crippen molar-refractivity contribution in [3.05, 3.63) is 29.3 Å². The van der Waals surface area contributed by atoms with E-state index >= 15 is 0 Å². The molecule has 1 aliphatic heterocycles. The SMILES string of the molecule is COc1ccc(C)cc1C(=O)C1CCNCC1. The average molecular weight is 233 g/mol. The van der Waals surface area contributed by atoms with Crippen LogP contribution in [0.2, 0.25) is 0 Å². The smallest absolute Gasteiger partial charge is 0.169 e. The van der Waals surface area contributed by atoms with Crippen LogP contribution in [0.25, 0.3) is 0 Å². The summed E-state index contributed by atoms with van der Waals surface area (Å²) in [6.07, 6.45) is 1.85. The Morgan fingerprint density at radius 3 is 2.71 bits per heavy atom. The van der Waals surface area contributed by atoms with Crippen LogP contribution in [0.1, 0.15) is 28.8 Å². The summed E-state index contributed by atoms with van der Waals surface area (Å²) in [5, 5.41) is 3.28.